The van der Waals surface area contributed by atoms with Gasteiger partial charge in [0.1, 0.15) is 12.1 Å². The molecule has 4 rings (SSSR count). The second kappa shape index (κ2) is 18.7. The molecule has 9 heteroatoms. The summed E-state index contributed by atoms with van der Waals surface area (Å²) in [4.78, 5) is 56.4. The highest BCUT2D eigenvalue weighted by Crippen LogP contribution is 2.28. The fraction of sp³-hybridized carbons (Fsp3) is 0.658. The van der Waals surface area contributed by atoms with Crippen molar-refractivity contribution < 1.29 is 19.2 Å². The Kier molecular flexibility index (Phi) is 14.5. The molecule has 4 amide bonds. The lowest BCUT2D eigenvalue weighted by atomic mass is 9.83. The zero-order valence-corrected chi connectivity index (χ0v) is 28.8. The van der Waals surface area contributed by atoms with Crippen molar-refractivity contribution in [1.82, 2.24) is 21.3 Å². The van der Waals surface area contributed by atoms with E-state index in [4.69, 9.17) is 0 Å². The number of hydrogen-bond acceptors (Lipinski definition) is 5. The predicted molar refractivity (Wildman–Crippen MR) is 187 cm³/mol. The summed E-state index contributed by atoms with van der Waals surface area (Å²) in [5, 5.41) is 12.2. The Balaban J connectivity index is 1.33. The van der Waals surface area contributed by atoms with Crippen molar-refractivity contribution in [3.8, 4) is 0 Å². The van der Waals surface area contributed by atoms with Gasteiger partial charge < -0.3 is 21.3 Å². The number of nitrogens with one attached hydrogen (secondary N) is 4. The van der Waals surface area contributed by atoms with Crippen LogP contribution in [0, 0.1) is 17.8 Å². The first-order chi connectivity index (χ1) is 22.7. The van der Waals surface area contributed by atoms with Crippen LogP contribution in [0.1, 0.15) is 115 Å². The molecule has 9 nitrogen and oxygen atoms in total. The summed E-state index contributed by atoms with van der Waals surface area (Å²) in [6, 6.07) is 6.35. The SMILES string of the molecule is CCC(=O)N[C@H](Cc1ccc(CNC(=O)[C@@H](NC(=O)C2=CC=NC2C)C2CCCCC2)cc1)C(=O)NCC1CCCCCCC(C)C1. The van der Waals surface area contributed by atoms with Crippen molar-refractivity contribution >= 4 is 29.8 Å². The van der Waals surface area contributed by atoms with E-state index in [0.717, 1.165) is 56.1 Å². The average molecular weight is 648 g/mol. The highest BCUT2D eigenvalue weighted by atomic mass is 16.2. The van der Waals surface area contributed by atoms with Crippen molar-refractivity contribution in [3.05, 3.63) is 47.0 Å². The standard InChI is InChI=1S/C38H57N5O4/c1-4-34(44)42-33(37(46)40-25-30-13-9-6-5-8-12-26(2)22-30)23-28-16-18-29(19-17-28)24-41-38(47)35(31-14-10-7-11-15-31)43-36(45)32-20-21-39-27(32)3/h16-21,26-27,30-31,33,35H,4-15,22-25H2,1-3H3,(H,40,46)(H,41,47)(H,42,44)(H,43,45)/t26?,27?,30?,33-,35+/m1/s1. The first-order valence-corrected chi connectivity index (χ1v) is 18.2. The molecule has 0 spiro atoms. The second-order valence-corrected chi connectivity index (χ2v) is 14.1. The van der Waals surface area contributed by atoms with Gasteiger partial charge in [-0.2, -0.15) is 0 Å². The van der Waals surface area contributed by atoms with Gasteiger partial charge in [-0.3, -0.25) is 24.2 Å². The summed E-state index contributed by atoms with van der Waals surface area (Å²) in [5.74, 6) is 0.553. The Hall–Kier alpha value is -3.49. The zero-order valence-electron chi connectivity index (χ0n) is 28.8. The maximum atomic E-state index is 13.5. The van der Waals surface area contributed by atoms with E-state index in [2.05, 4.69) is 33.2 Å². The smallest absolute Gasteiger partial charge is 0.250 e. The average Bonchev–Trinajstić information content (AvgIpc) is 3.55. The van der Waals surface area contributed by atoms with Crippen molar-refractivity contribution in [2.45, 2.75) is 135 Å². The number of hydrogen-bond donors (Lipinski definition) is 4. The number of amides is 4. The molecule has 1 heterocycles. The molecule has 1 aromatic rings. The third-order valence-corrected chi connectivity index (χ3v) is 10.2. The lowest BCUT2D eigenvalue weighted by Crippen LogP contribution is -2.51. The van der Waals surface area contributed by atoms with E-state index in [1.165, 1.54) is 32.1 Å². The van der Waals surface area contributed by atoms with E-state index in [1.54, 1.807) is 19.2 Å². The molecule has 1 aliphatic heterocycles. The van der Waals surface area contributed by atoms with E-state index in [-0.39, 0.29) is 35.6 Å². The number of carbonyl (C=O) groups excluding carboxylic acids is 4. The summed E-state index contributed by atoms with van der Waals surface area (Å²) >= 11 is 0. The van der Waals surface area contributed by atoms with Gasteiger partial charge in [0.25, 0.3) is 0 Å². The highest BCUT2D eigenvalue weighted by molar-refractivity contribution is 6.02. The third-order valence-electron chi connectivity index (χ3n) is 10.2. The maximum absolute atomic E-state index is 13.5. The van der Waals surface area contributed by atoms with Gasteiger partial charge in [-0.25, -0.2) is 0 Å². The van der Waals surface area contributed by atoms with Gasteiger partial charge in [0.2, 0.25) is 23.6 Å². The van der Waals surface area contributed by atoms with Crippen molar-refractivity contribution in [2.75, 3.05) is 6.54 Å². The van der Waals surface area contributed by atoms with Gasteiger partial charge in [0.05, 0.1) is 6.04 Å². The minimum Gasteiger partial charge on any atom is -0.354 e. The summed E-state index contributed by atoms with van der Waals surface area (Å²) in [7, 11) is 0. The molecule has 5 atom stereocenters. The number of allylic oxidation sites excluding steroid dienone is 1. The Labute approximate surface area is 281 Å². The zero-order chi connectivity index (χ0) is 33.6. The summed E-state index contributed by atoms with van der Waals surface area (Å²) < 4.78 is 0. The normalized spacial score (nSPS) is 23.3. The van der Waals surface area contributed by atoms with Crippen LogP contribution in [0.25, 0.3) is 0 Å². The van der Waals surface area contributed by atoms with Gasteiger partial charge in [0.15, 0.2) is 0 Å². The monoisotopic (exact) mass is 647 g/mol. The molecule has 4 N–H and O–H groups in total. The Morgan fingerprint density at radius 1 is 0.809 bits per heavy atom. The van der Waals surface area contributed by atoms with Gasteiger partial charge in [-0.15, -0.1) is 0 Å². The van der Waals surface area contributed by atoms with Gasteiger partial charge in [0, 0.05) is 37.7 Å². The minimum atomic E-state index is -0.648. The number of rotatable bonds is 13. The first kappa shape index (κ1) is 36.3. The van der Waals surface area contributed by atoms with E-state index in [0.29, 0.717) is 43.3 Å². The van der Waals surface area contributed by atoms with Crippen LogP contribution in [0.3, 0.4) is 0 Å². The molecule has 0 radical (unpaired) electrons. The molecule has 0 bridgehead atoms. The van der Waals surface area contributed by atoms with Gasteiger partial charge >= 0.3 is 0 Å². The van der Waals surface area contributed by atoms with E-state index in [1.807, 2.05) is 31.2 Å². The molecular weight excluding hydrogens is 590 g/mol. The van der Waals surface area contributed by atoms with E-state index >= 15 is 0 Å². The molecule has 47 heavy (non-hydrogen) atoms. The van der Waals surface area contributed by atoms with Crippen LogP contribution in [0.15, 0.2) is 40.9 Å². The number of carbonyl (C=O) groups is 4. The van der Waals surface area contributed by atoms with Crippen molar-refractivity contribution in [3.63, 3.8) is 0 Å². The molecule has 2 aliphatic carbocycles. The number of nitrogens with zero attached hydrogens (tertiary/aromatic N) is 1. The second-order valence-electron chi connectivity index (χ2n) is 14.1. The molecule has 0 saturated heterocycles. The Morgan fingerprint density at radius 2 is 1.47 bits per heavy atom. The topological polar surface area (TPSA) is 129 Å². The quantitative estimate of drug-likeness (QED) is 0.231. The fourth-order valence-corrected chi connectivity index (χ4v) is 7.30. The van der Waals surface area contributed by atoms with Crippen LogP contribution in [0.5, 0.6) is 0 Å². The highest BCUT2D eigenvalue weighted by Gasteiger charge is 2.32. The molecule has 1 aromatic carbocycles. The summed E-state index contributed by atoms with van der Waals surface area (Å²) in [6.07, 6.45) is 17.8. The van der Waals surface area contributed by atoms with Crippen LogP contribution in [-0.2, 0) is 32.1 Å². The Bertz CT molecular complexity index is 1250. The van der Waals surface area contributed by atoms with Crippen molar-refractivity contribution in [1.29, 1.82) is 0 Å². The summed E-state index contributed by atoms with van der Waals surface area (Å²) in [6.45, 7) is 6.96. The fourth-order valence-electron chi connectivity index (χ4n) is 7.30. The Morgan fingerprint density at radius 3 is 2.15 bits per heavy atom. The van der Waals surface area contributed by atoms with Crippen LogP contribution in [-0.4, -0.2) is 54.5 Å². The largest absolute Gasteiger partial charge is 0.354 e. The molecule has 2 saturated carbocycles. The van der Waals surface area contributed by atoms with Crippen LogP contribution in [0.2, 0.25) is 0 Å². The predicted octanol–water partition coefficient (Wildman–Crippen LogP) is 5.32. The molecule has 2 fully saturated rings. The lowest BCUT2D eigenvalue weighted by molar-refractivity contribution is -0.129. The molecule has 3 aliphatic rings. The number of aliphatic imine (C=N–C) groups is 1. The summed E-state index contributed by atoms with van der Waals surface area (Å²) in [5.41, 5.74) is 2.44. The van der Waals surface area contributed by atoms with Crippen molar-refractivity contribution in [2.24, 2.45) is 22.7 Å². The molecule has 3 unspecified atom stereocenters. The van der Waals surface area contributed by atoms with Crippen LogP contribution < -0.4 is 21.3 Å². The van der Waals surface area contributed by atoms with Crippen LogP contribution in [0.4, 0.5) is 0 Å². The number of benzene rings is 1. The van der Waals surface area contributed by atoms with Gasteiger partial charge in [-0.05, 0) is 67.6 Å². The third kappa shape index (κ3) is 11.6. The molecule has 258 valence electrons. The maximum Gasteiger partial charge on any atom is 0.250 e. The van der Waals surface area contributed by atoms with Crippen LogP contribution >= 0.6 is 0 Å². The molecule has 0 aromatic heterocycles. The van der Waals surface area contributed by atoms with Gasteiger partial charge in [-0.1, -0.05) is 89.5 Å². The minimum absolute atomic E-state index is 0.106. The first-order valence-electron chi connectivity index (χ1n) is 18.2. The van der Waals surface area contributed by atoms with E-state index < -0.39 is 12.1 Å². The van der Waals surface area contributed by atoms with E-state index in [9.17, 15) is 19.2 Å². The lowest BCUT2D eigenvalue weighted by Gasteiger charge is -2.30. The molecular formula is C38H57N5O4.